The van der Waals surface area contributed by atoms with Gasteiger partial charge in [-0.2, -0.15) is 0 Å². The Bertz CT molecular complexity index is 286. The molecule has 0 saturated carbocycles. The highest BCUT2D eigenvalue weighted by molar-refractivity contribution is 7.99. The SMILES string of the molecule is CCCCCCSc1ncc(CCl)n1C. The third-order valence-electron chi connectivity index (χ3n) is 2.41. The topological polar surface area (TPSA) is 17.8 Å². The van der Waals surface area contributed by atoms with Crippen LogP contribution < -0.4 is 0 Å². The van der Waals surface area contributed by atoms with Crippen LogP contribution >= 0.6 is 23.4 Å². The standard InChI is InChI=1S/C11H19ClN2S/c1-3-4-5-6-7-15-11-13-9-10(8-12)14(11)2/h9H,3-8H2,1-2H3. The van der Waals surface area contributed by atoms with Gasteiger partial charge in [0, 0.05) is 12.8 Å². The van der Waals surface area contributed by atoms with E-state index in [1.54, 1.807) is 0 Å². The van der Waals surface area contributed by atoms with Crippen molar-refractivity contribution < 1.29 is 0 Å². The first-order chi connectivity index (χ1) is 7.29. The molecule has 0 aliphatic heterocycles. The number of thioether (sulfide) groups is 1. The molecule has 1 rings (SSSR count). The van der Waals surface area contributed by atoms with Crippen LogP contribution in [0.25, 0.3) is 0 Å². The number of alkyl halides is 1. The summed E-state index contributed by atoms with van der Waals surface area (Å²) < 4.78 is 2.08. The normalized spacial score (nSPS) is 10.9. The smallest absolute Gasteiger partial charge is 0.167 e. The molecule has 1 aromatic heterocycles. The second kappa shape index (κ2) is 7.18. The van der Waals surface area contributed by atoms with Crippen molar-refractivity contribution in [1.82, 2.24) is 9.55 Å². The molecule has 2 nitrogen and oxygen atoms in total. The van der Waals surface area contributed by atoms with Crippen molar-refractivity contribution in [2.24, 2.45) is 7.05 Å². The van der Waals surface area contributed by atoms with Crippen molar-refractivity contribution >= 4 is 23.4 Å². The molecule has 1 aromatic rings. The van der Waals surface area contributed by atoms with E-state index < -0.39 is 0 Å². The van der Waals surface area contributed by atoms with Crippen LogP contribution in [0.5, 0.6) is 0 Å². The summed E-state index contributed by atoms with van der Waals surface area (Å²) in [6.07, 6.45) is 7.11. The molecule has 0 unspecified atom stereocenters. The second-order valence-electron chi connectivity index (χ2n) is 3.63. The van der Waals surface area contributed by atoms with Crippen LogP contribution in [-0.2, 0) is 12.9 Å². The highest BCUT2D eigenvalue weighted by atomic mass is 35.5. The molecule has 0 radical (unpaired) electrons. The fraction of sp³-hybridized carbons (Fsp3) is 0.727. The van der Waals surface area contributed by atoms with E-state index in [1.165, 1.54) is 25.7 Å². The molecule has 0 amide bonds. The van der Waals surface area contributed by atoms with Crippen molar-refractivity contribution in [2.45, 2.75) is 43.6 Å². The lowest BCUT2D eigenvalue weighted by atomic mass is 10.2. The van der Waals surface area contributed by atoms with E-state index in [0.717, 1.165) is 16.6 Å². The number of nitrogens with zero attached hydrogens (tertiary/aromatic N) is 2. The van der Waals surface area contributed by atoms with Crippen LogP contribution in [0.1, 0.15) is 38.3 Å². The minimum absolute atomic E-state index is 0.542. The van der Waals surface area contributed by atoms with Gasteiger partial charge < -0.3 is 4.57 Å². The molecule has 0 aliphatic rings. The number of imidazole rings is 1. The van der Waals surface area contributed by atoms with E-state index in [0.29, 0.717) is 5.88 Å². The maximum Gasteiger partial charge on any atom is 0.167 e. The zero-order valence-electron chi connectivity index (χ0n) is 9.50. The third kappa shape index (κ3) is 4.07. The summed E-state index contributed by atoms with van der Waals surface area (Å²) in [6, 6.07) is 0. The maximum atomic E-state index is 5.78. The van der Waals surface area contributed by atoms with Crippen molar-refractivity contribution in [3.05, 3.63) is 11.9 Å². The van der Waals surface area contributed by atoms with Gasteiger partial charge in [0.2, 0.25) is 0 Å². The number of hydrogen-bond donors (Lipinski definition) is 0. The molecule has 0 saturated heterocycles. The molecule has 0 aromatic carbocycles. The van der Waals surface area contributed by atoms with Crippen LogP contribution in [0, 0.1) is 0 Å². The Labute approximate surface area is 101 Å². The Balaban J connectivity index is 2.28. The van der Waals surface area contributed by atoms with Gasteiger partial charge in [-0.3, -0.25) is 0 Å². The van der Waals surface area contributed by atoms with Crippen LogP contribution in [0.3, 0.4) is 0 Å². The van der Waals surface area contributed by atoms with Gasteiger partial charge in [-0.1, -0.05) is 37.9 Å². The van der Waals surface area contributed by atoms with Gasteiger partial charge >= 0.3 is 0 Å². The van der Waals surface area contributed by atoms with Crippen LogP contribution in [-0.4, -0.2) is 15.3 Å². The number of aromatic nitrogens is 2. The molecule has 0 aliphatic carbocycles. The minimum atomic E-state index is 0.542. The Kier molecular flexibility index (Phi) is 6.18. The molecule has 4 heteroatoms. The fourth-order valence-corrected chi connectivity index (χ4v) is 2.59. The van der Waals surface area contributed by atoms with E-state index >= 15 is 0 Å². The predicted molar refractivity (Wildman–Crippen MR) is 67.6 cm³/mol. The largest absolute Gasteiger partial charge is 0.325 e. The zero-order valence-corrected chi connectivity index (χ0v) is 11.1. The Morgan fingerprint density at radius 3 is 2.80 bits per heavy atom. The summed E-state index contributed by atoms with van der Waals surface area (Å²) in [6.45, 7) is 2.23. The van der Waals surface area contributed by atoms with Gasteiger partial charge in [0.15, 0.2) is 5.16 Å². The van der Waals surface area contributed by atoms with Crippen LogP contribution in [0.2, 0.25) is 0 Å². The molecule has 0 fully saturated rings. The molecule has 0 spiro atoms. The van der Waals surface area contributed by atoms with Gasteiger partial charge in [-0.25, -0.2) is 4.98 Å². The Morgan fingerprint density at radius 1 is 1.40 bits per heavy atom. The molecule has 0 N–H and O–H groups in total. The lowest BCUT2D eigenvalue weighted by molar-refractivity contribution is 0.704. The average Bonchev–Trinajstić information content (AvgIpc) is 2.60. The lowest BCUT2D eigenvalue weighted by Crippen LogP contribution is -1.96. The predicted octanol–water partition coefficient (Wildman–Crippen LogP) is 3.83. The molecule has 0 atom stereocenters. The molecule has 86 valence electrons. The first-order valence-corrected chi connectivity index (χ1v) is 7.01. The molecule has 0 bridgehead atoms. The molecule has 15 heavy (non-hydrogen) atoms. The van der Waals surface area contributed by atoms with E-state index in [1.807, 2.05) is 25.0 Å². The minimum Gasteiger partial charge on any atom is -0.325 e. The van der Waals surface area contributed by atoms with Crippen molar-refractivity contribution in [1.29, 1.82) is 0 Å². The third-order valence-corrected chi connectivity index (χ3v) is 3.81. The fourth-order valence-electron chi connectivity index (χ4n) is 1.38. The van der Waals surface area contributed by atoms with Gasteiger partial charge in [0.25, 0.3) is 0 Å². The van der Waals surface area contributed by atoms with Gasteiger partial charge in [-0.15, -0.1) is 11.6 Å². The highest BCUT2D eigenvalue weighted by Gasteiger charge is 2.05. The average molecular weight is 247 g/mol. The Morgan fingerprint density at radius 2 is 2.20 bits per heavy atom. The number of unbranched alkanes of at least 4 members (excludes halogenated alkanes) is 3. The van der Waals surface area contributed by atoms with Crippen molar-refractivity contribution in [3.63, 3.8) is 0 Å². The van der Waals surface area contributed by atoms with E-state index in [-0.39, 0.29) is 0 Å². The summed E-state index contributed by atoms with van der Waals surface area (Å²) in [5, 5.41) is 1.09. The quantitative estimate of drug-likeness (QED) is 0.413. The highest BCUT2D eigenvalue weighted by Crippen LogP contribution is 2.19. The number of rotatable bonds is 7. The summed E-state index contributed by atoms with van der Waals surface area (Å²) >= 11 is 7.60. The number of hydrogen-bond acceptors (Lipinski definition) is 2. The second-order valence-corrected chi connectivity index (χ2v) is 4.96. The van der Waals surface area contributed by atoms with Crippen LogP contribution in [0.4, 0.5) is 0 Å². The molecular weight excluding hydrogens is 228 g/mol. The first kappa shape index (κ1) is 12.9. The zero-order chi connectivity index (χ0) is 11.1. The van der Waals surface area contributed by atoms with Gasteiger partial charge in [-0.05, 0) is 6.42 Å². The molecular formula is C11H19ClN2S. The van der Waals surface area contributed by atoms with E-state index in [2.05, 4.69) is 16.5 Å². The van der Waals surface area contributed by atoms with Gasteiger partial charge in [0.1, 0.15) is 0 Å². The molecule has 1 heterocycles. The van der Waals surface area contributed by atoms with Gasteiger partial charge in [0.05, 0.1) is 17.8 Å². The maximum absolute atomic E-state index is 5.78. The monoisotopic (exact) mass is 246 g/mol. The van der Waals surface area contributed by atoms with Crippen molar-refractivity contribution in [2.75, 3.05) is 5.75 Å². The Hall–Kier alpha value is -0.150. The van der Waals surface area contributed by atoms with E-state index in [9.17, 15) is 0 Å². The number of halogens is 1. The lowest BCUT2D eigenvalue weighted by Gasteiger charge is -2.03. The summed E-state index contributed by atoms with van der Waals surface area (Å²) in [7, 11) is 2.03. The van der Waals surface area contributed by atoms with E-state index in [4.69, 9.17) is 11.6 Å². The van der Waals surface area contributed by atoms with Crippen LogP contribution in [0.15, 0.2) is 11.4 Å². The first-order valence-electron chi connectivity index (χ1n) is 5.49. The summed E-state index contributed by atoms with van der Waals surface area (Å²) in [4.78, 5) is 4.35. The summed E-state index contributed by atoms with van der Waals surface area (Å²) in [5.41, 5.74) is 1.09. The van der Waals surface area contributed by atoms with Crippen molar-refractivity contribution in [3.8, 4) is 0 Å². The summed E-state index contributed by atoms with van der Waals surface area (Å²) in [5.74, 6) is 1.70.